The third kappa shape index (κ3) is 3.88. The highest BCUT2D eigenvalue weighted by Gasteiger charge is 2.41. The van der Waals surface area contributed by atoms with Crippen LogP contribution in [-0.4, -0.2) is 17.7 Å². The van der Waals surface area contributed by atoms with Gasteiger partial charge in [0.2, 0.25) is 0 Å². The van der Waals surface area contributed by atoms with Crippen molar-refractivity contribution >= 4 is 22.6 Å². The molecule has 2 unspecified atom stereocenters. The molecule has 0 amide bonds. The Kier molecular flexibility index (Phi) is 5.85. The molecular weight excluding hydrogens is 457 g/mol. The van der Waals surface area contributed by atoms with Gasteiger partial charge >= 0.3 is 0 Å². The molecule has 0 aliphatic heterocycles. The van der Waals surface area contributed by atoms with Gasteiger partial charge in [-0.1, -0.05) is 60.7 Å². The van der Waals surface area contributed by atoms with Gasteiger partial charge in [0.15, 0.2) is 0 Å². The van der Waals surface area contributed by atoms with Crippen LogP contribution in [0.2, 0.25) is 0 Å². The molecule has 0 spiro atoms. The largest absolute Gasteiger partial charge is 0.380 e. The van der Waals surface area contributed by atoms with E-state index < -0.39 is 5.60 Å². The third-order valence-corrected chi connectivity index (χ3v) is 6.45. The van der Waals surface area contributed by atoms with E-state index in [9.17, 15) is 5.11 Å². The Labute approximate surface area is 181 Å². The highest BCUT2D eigenvalue weighted by Crippen LogP contribution is 2.50. The van der Waals surface area contributed by atoms with Crippen LogP contribution in [0, 0.1) is 3.57 Å². The summed E-state index contributed by atoms with van der Waals surface area (Å²) in [4.78, 5) is 0. The van der Waals surface area contributed by atoms with E-state index in [4.69, 9.17) is 0 Å². The number of rotatable bonds is 7. The number of halogens is 1. The second-order valence-electron chi connectivity index (χ2n) is 7.73. The number of benzene rings is 3. The zero-order valence-electron chi connectivity index (χ0n) is 16.2. The van der Waals surface area contributed by atoms with Crippen LogP contribution in [0.5, 0.6) is 0 Å². The summed E-state index contributed by atoms with van der Waals surface area (Å²) < 4.78 is 1.20. The van der Waals surface area contributed by atoms with Gasteiger partial charge in [-0.15, -0.1) is 0 Å². The summed E-state index contributed by atoms with van der Waals surface area (Å²) >= 11 is 2.34. The van der Waals surface area contributed by atoms with Crippen LogP contribution in [0.3, 0.4) is 0 Å². The van der Waals surface area contributed by atoms with Crippen molar-refractivity contribution in [2.24, 2.45) is 0 Å². The van der Waals surface area contributed by atoms with Crippen LogP contribution in [0.25, 0.3) is 11.1 Å². The molecule has 0 saturated carbocycles. The van der Waals surface area contributed by atoms with Gasteiger partial charge in [0.25, 0.3) is 0 Å². The number of aliphatic hydroxyl groups is 1. The van der Waals surface area contributed by atoms with Crippen LogP contribution in [0.15, 0.2) is 72.8 Å². The van der Waals surface area contributed by atoms with Gasteiger partial charge in [0.1, 0.15) is 5.60 Å². The van der Waals surface area contributed by atoms with Gasteiger partial charge in [-0.2, -0.15) is 0 Å². The summed E-state index contributed by atoms with van der Waals surface area (Å²) in [5.74, 6) is 0. The van der Waals surface area contributed by atoms with Gasteiger partial charge in [-0.3, -0.25) is 0 Å². The second-order valence-corrected chi connectivity index (χ2v) is 8.97. The summed E-state index contributed by atoms with van der Waals surface area (Å²) in [6, 6.07) is 25.6. The molecule has 28 heavy (non-hydrogen) atoms. The van der Waals surface area contributed by atoms with E-state index in [1.54, 1.807) is 0 Å². The summed E-state index contributed by atoms with van der Waals surface area (Å²) in [5, 5.41) is 15.3. The Morgan fingerprint density at radius 3 is 2.46 bits per heavy atom. The molecule has 4 rings (SSSR count). The van der Waals surface area contributed by atoms with Crippen LogP contribution in [0.1, 0.15) is 36.5 Å². The molecular formula is C25H26INO. The molecule has 3 heteroatoms. The molecule has 1 aliphatic rings. The molecule has 0 heterocycles. The molecule has 2 atom stereocenters. The van der Waals surface area contributed by atoms with Crippen molar-refractivity contribution in [3.05, 3.63) is 93.1 Å². The Bertz CT molecular complexity index is 956. The number of fused-ring (bicyclic) bond motifs is 3. The summed E-state index contributed by atoms with van der Waals surface area (Å²) in [6.07, 6.45) is 2.67. The topological polar surface area (TPSA) is 32.3 Å². The molecule has 0 fully saturated rings. The molecule has 0 bridgehead atoms. The van der Waals surface area contributed by atoms with Gasteiger partial charge in [-0.05, 0) is 95.3 Å². The first-order valence-electron chi connectivity index (χ1n) is 9.97. The number of nitrogens with one attached hydrogen (secondary N) is 1. The zero-order valence-corrected chi connectivity index (χ0v) is 18.3. The lowest BCUT2D eigenvalue weighted by Gasteiger charge is -2.27. The quantitative estimate of drug-likeness (QED) is 0.435. The molecule has 0 saturated heterocycles. The fourth-order valence-corrected chi connectivity index (χ4v) is 4.72. The van der Waals surface area contributed by atoms with Crippen molar-refractivity contribution in [3.63, 3.8) is 0 Å². The minimum atomic E-state index is -0.897. The van der Waals surface area contributed by atoms with Crippen molar-refractivity contribution in [1.82, 2.24) is 5.32 Å². The second kappa shape index (κ2) is 8.36. The molecule has 3 aromatic carbocycles. The third-order valence-electron chi connectivity index (χ3n) is 5.78. The van der Waals surface area contributed by atoms with E-state index in [0.29, 0.717) is 6.04 Å². The smallest absolute Gasteiger partial charge is 0.116 e. The maximum atomic E-state index is 11.7. The van der Waals surface area contributed by atoms with Gasteiger partial charge in [0, 0.05) is 9.61 Å². The average molecular weight is 483 g/mol. The van der Waals surface area contributed by atoms with Crippen LogP contribution >= 0.6 is 22.6 Å². The first kappa shape index (κ1) is 19.6. The van der Waals surface area contributed by atoms with E-state index in [1.807, 2.05) is 6.07 Å². The maximum absolute atomic E-state index is 11.7. The van der Waals surface area contributed by atoms with Gasteiger partial charge in [-0.25, -0.2) is 0 Å². The predicted molar refractivity (Wildman–Crippen MR) is 124 cm³/mol. The molecule has 1 aliphatic carbocycles. The molecule has 2 nitrogen and oxygen atoms in total. The fraction of sp³-hybridized carbons (Fsp3) is 0.280. The Morgan fingerprint density at radius 1 is 0.929 bits per heavy atom. The lowest BCUT2D eigenvalue weighted by Crippen LogP contribution is -2.32. The summed E-state index contributed by atoms with van der Waals surface area (Å²) in [6.45, 7) is 3.17. The first-order chi connectivity index (χ1) is 13.6. The van der Waals surface area contributed by atoms with E-state index in [1.165, 1.54) is 20.3 Å². The molecule has 0 radical (unpaired) electrons. The summed E-state index contributed by atoms with van der Waals surface area (Å²) in [5.41, 5.74) is 4.90. The van der Waals surface area contributed by atoms with Crippen molar-refractivity contribution in [2.45, 2.75) is 37.8 Å². The van der Waals surface area contributed by atoms with Crippen molar-refractivity contribution in [1.29, 1.82) is 0 Å². The van der Waals surface area contributed by atoms with Gasteiger partial charge in [0.05, 0.1) is 0 Å². The molecule has 3 aromatic rings. The molecule has 0 aromatic heterocycles. The highest BCUT2D eigenvalue weighted by molar-refractivity contribution is 14.1. The average Bonchev–Trinajstić information content (AvgIpc) is 2.96. The fourth-order valence-electron chi connectivity index (χ4n) is 4.23. The minimum absolute atomic E-state index is 0.354. The lowest BCUT2D eigenvalue weighted by atomic mass is 9.86. The van der Waals surface area contributed by atoms with Crippen LogP contribution < -0.4 is 5.32 Å². The van der Waals surface area contributed by atoms with E-state index in [0.717, 1.165) is 36.9 Å². The van der Waals surface area contributed by atoms with Crippen LogP contribution in [-0.2, 0) is 12.0 Å². The number of hydrogen-bond donors (Lipinski definition) is 2. The maximum Gasteiger partial charge on any atom is 0.116 e. The Hall–Kier alpha value is -1.69. The summed E-state index contributed by atoms with van der Waals surface area (Å²) in [7, 11) is 0. The number of hydrogen-bond acceptors (Lipinski definition) is 2. The normalized spacial score (nSPS) is 18.5. The Balaban J connectivity index is 1.44. The molecule has 2 N–H and O–H groups in total. The van der Waals surface area contributed by atoms with E-state index >= 15 is 0 Å². The van der Waals surface area contributed by atoms with Gasteiger partial charge < -0.3 is 10.4 Å². The van der Waals surface area contributed by atoms with Crippen molar-refractivity contribution in [3.8, 4) is 11.1 Å². The minimum Gasteiger partial charge on any atom is -0.380 e. The van der Waals surface area contributed by atoms with Crippen molar-refractivity contribution in [2.75, 3.05) is 6.54 Å². The van der Waals surface area contributed by atoms with E-state index in [2.05, 4.69) is 102 Å². The SMILES string of the molecule is CC(CCC1(O)c2ccccc2-c2cc(I)ccc21)NCCc1ccccc1. The van der Waals surface area contributed by atoms with Crippen molar-refractivity contribution < 1.29 is 5.11 Å². The highest BCUT2D eigenvalue weighted by atomic mass is 127. The first-order valence-corrected chi connectivity index (χ1v) is 11.1. The van der Waals surface area contributed by atoms with Crippen LogP contribution in [0.4, 0.5) is 0 Å². The monoisotopic (exact) mass is 483 g/mol. The zero-order chi connectivity index (χ0) is 19.6. The molecule has 144 valence electrons. The predicted octanol–water partition coefficient (Wildman–Crippen LogP) is 5.51. The van der Waals surface area contributed by atoms with E-state index in [-0.39, 0.29) is 0 Å². The standard InChI is InChI=1S/C25H26INO/c1-18(27-16-14-19-7-3-2-4-8-19)13-15-25(28)23-10-6-5-9-21(23)22-17-20(26)11-12-24(22)25/h2-12,17-18,27-28H,13-16H2,1H3. The lowest BCUT2D eigenvalue weighted by molar-refractivity contribution is 0.0705. The Morgan fingerprint density at radius 2 is 1.64 bits per heavy atom.